The second-order valence-corrected chi connectivity index (χ2v) is 8.53. The fourth-order valence-corrected chi connectivity index (χ4v) is 6.23. The minimum absolute atomic E-state index is 0.342. The normalized spacial score (nSPS) is 16.1. The largest absolute Gasteiger partial charge is 0.398 e. The number of nitrogens with two attached hydrogens (primary N) is 1. The maximum atomic E-state index is 12.7. The van der Waals surface area contributed by atoms with Gasteiger partial charge in [0.05, 0.1) is 0 Å². The lowest BCUT2D eigenvalue weighted by molar-refractivity contribution is 0.393. The highest BCUT2D eigenvalue weighted by Gasteiger charge is 2.31. The van der Waals surface area contributed by atoms with Gasteiger partial charge in [-0.15, -0.1) is 11.3 Å². The Labute approximate surface area is 130 Å². The number of hydrogen-bond acceptors (Lipinski definition) is 4. The number of nitrogens with zero attached hydrogens (tertiary/aromatic N) is 1. The first-order valence-corrected chi connectivity index (χ1v) is 9.21. The molecule has 0 unspecified atom stereocenters. The number of hydrogen-bond donors (Lipinski definition) is 1. The van der Waals surface area contributed by atoms with Gasteiger partial charge in [-0.1, -0.05) is 12.1 Å². The summed E-state index contributed by atoms with van der Waals surface area (Å²) in [5.74, 6) is 0. The molecular weight excluding hydrogens is 360 g/mol. The Morgan fingerprint density at radius 3 is 2.80 bits per heavy atom. The van der Waals surface area contributed by atoms with Gasteiger partial charge in [-0.05, 0) is 51.0 Å². The summed E-state index contributed by atoms with van der Waals surface area (Å²) >= 11 is 4.52. The zero-order valence-electron chi connectivity index (χ0n) is 10.5. The van der Waals surface area contributed by atoms with E-state index >= 15 is 0 Å². The van der Waals surface area contributed by atoms with Gasteiger partial charge in [-0.2, -0.15) is 4.31 Å². The quantitative estimate of drug-likeness (QED) is 0.824. The van der Waals surface area contributed by atoms with Crippen LogP contribution in [0.15, 0.2) is 38.3 Å². The van der Waals surface area contributed by atoms with Gasteiger partial charge in [0.25, 0.3) is 10.0 Å². The smallest absolute Gasteiger partial charge is 0.254 e. The summed E-state index contributed by atoms with van der Waals surface area (Å²) in [4.78, 5) is 0. The van der Waals surface area contributed by atoms with Crippen LogP contribution in [0.25, 0.3) is 0 Å². The van der Waals surface area contributed by atoms with E-state index in [1.807, 2.05) is 18.2 Å². The maximum Gasteiger partial charge on any atom is 0.254 e. The molecule has 0 fully saturated rings. The summed E-state index contributed by atoms with van der Waals surface area (Å²) in [6, 6.07) is 7.49. The van der Waals surface area contributed by atoms with Crippen LogP contribution >= 0.6 is 27.3 Å². The standard InChI is InChI=1S/C13H13BrN2O2S2/c14-11-5-7-19-13(11)20(17,18)16-6-4-9-2-1-3-12(15)10(9)8-16/h1-3,5,7H,4,6,8,15H2. The van der Waals surface area contributed by atoms with E-state index in [2.05, 4.69) is 15.9 Å². The molecule has 0 amide bonds. The molecule has 1 aromatic heterocycles. The van der Waals surface area contributed by atoms with Gasteiger partial charge in [0.1, 0.15) is 4.21 Å². The maximum absolute atomic E-state index is 12.7. The van der Waals surface area contributed by atoms with Crippen molar-refractivity contribution in [3.63, 3.8) is 0 Å². The van der Waals surface area contributed by atoms with Crippen molar-refractivity contribution in [1.82, 2.24) is 4.31 Å². The molecule has 106 valence electrons. The molecule has 1 aliphatic heterocycles. The molecule has 2 heterocycles. The Morgan fingerprint density at radius 2 is 2.10 bits per heavy atom. The molecule has 20 heavy (non-hydrogen) atoms. The first-order valence-electron chi connectivity index (χ1n) is 6.09. The predicted octanol–water partition coefficient (Wildman–Crippen LogP) is 2.84. The molecule has 0 aliphatic carbocycles. The van der Waals surface area contributed by atoms with Crippen LogP contribution in [0.3, 0.4) is 0 Å². The van der Waals surface area contributed by atoms with Crippen molar-refractivity contribution in [1.29, 1.82) is 0 Å². The number of fused-ring (bicyclic) bond motifs is 1. The fraction of sp³-hybridized carbons (Fsp3) is 0.231. The van der Waals surface area contributed by atoms with Crippen molar-refractivity contribution >= 4 is 43.0 Å². The number of sulfonamides is 1. The fourth-order valence-electron chi connectivity index (χ4n) is 2.37. The number of anilines is 1. The third-order valence-corrected chi connectivity index (χ3v) is 7.93. The third kappa shape index (κ3) is 2.28. The van der Waals surface area contributed by atoms with Crippen LogP contribution in [0.4, 0.5) is 5.69 Å². The Morgan fingerprint density at radius 1 is 1.30 bits per heavy atom. The lowest BCUT2D eigenvalue weighted by atomic mass is 10.00. The topological polar surface area (TPSA) is 63.4 Å². The van der Waals surface area contributed by atoms with E-state index in [-0.39, 0.29) is 0 Å². The second-order valence-electron chi connectivity index (χ2n) is 4.63. The molecule has 1 aliphatic rings. The summed E-state index contributed by atoms with van der Waals surface area (Å²) in [5, 5.41) is 1.77. The number of nitrogen functional groups attached to an aromatic ring is 1. The molecule has 7 heteroatoms. The molecule has 0 spiro atoms. The van der Waals surface area contributed by atoms with Gasteiger partial charge in [0.15, 0.2) is 0 Å². The molecule has 3 rings (SSSR count). The van der Waals surface area contributed by atoms with E-state index in [4.69, 9.17) is 5.73 Å². The Balaban J connectivity index is 1.98. The molecule has 0 atom stereocenters. The van der Waals surface area contributed by atoms with Gasteiger partial charge in [-0.3, -0.25) is 0 Å². The highest BCUT2D eigenvalue weighted by atomic mass is 79.9. The van der Waals surface area contributed by atoms with E-state index in [1.54, 1.807) is 11.4 Å². The molecule has 2 N–H and O–H groups in total. The molecule has 0 radical (unpaired) electrons. The number of thiophene rings is 1. The van der Waals surface area contributed by atoms with Crippen molar-refractivity contribution in [3.8, 4) is 0 Å². The lowest BCUT2D eigenvalue weighted by Gasteiger charge is -2.28. The van der Waals surface area contributed by atoms with E-state index in [9.17, 15) is 8.42 Å². The summed E-state index contributed by atoms with van der Waals surface area (Å²) in [6.07, 6.45) is 0.697. The van der Waals surface area contributed by atoms with Crippen LogP contribution in [0, 0.1) is 0 Å². The summed E-state index contributed by atoms with van der Waals surface area (Å²) in [7, 11) is -3.46. The second kappa shape index (κ2) is 5.14. The number of halogens is 1. The first kappa shape index (κ1) is 14.1. The van der Waals surface area contributed by atoms with Crippen molar-refractivity contribution in [3.05, 3.63) is 45.2 Å². The average Bonchev–Trinajstić information content (AvgIpc) is 2.86. The number of rotatable bonds is 2. The number of benzene rings is 1. The Bertz CT molecular complexity index is 755. The molecule has 0 saturated carbocycles. The van der Waals surface area contributed by atoms with E-state index in [0.717, 1.165) is 11.1 Å². The zero-order chi connectivity index (χ0) is 14.3. The SMILES string of the molecule is Nc1cccc2c1CN(S(=O)(=O)c1sccc1Br)CC2. The monoisotopic (exact) mass is 372 g/mol. The molecule has 0 saturated heterocycles. The minimum Gasteiger partial charge on any atom is -0.398 e. The summed E-state index contributed by atoms with van der Waals surface area (Å²) in [6.45, 7) is 0.831. The van der Waals surface area contributed by atoms with Gasteiger partial charge in [0.2, 0.25) is 0 Å². The van der Waals surface area contributed by atoms with Crippen molar-refractivity contribution < 1.29 is 8.42 Å². The third-order valence-electron chi connectivity index (χ3n) is 3.43. The van der Waals surface area contributed by atoms with Crippen LogP contribution < -0.4 is 5.73 Å². The van der Waals surface area contributed by atoms with Crippen LogP contribution in [-0.2, 0) is 23.0 Å². The van der Waals surface area contributed by atoms with E-state index in [0.29, 0.717) is 33.9 Å². The molecular formula is C13H13BrN2O2S2. The van der Waals surface area contributed by atoms with Gasteiger partial charge in [-0.25, -0.2) is 8.42 Å². The summed E-state index contributed by atoms with van der Waals surface area (Å²) < 4.78 is 27.8. The van der Waals surface area contributed by atoms with Gasteiger partial charge < -0.3 is 5.73 Å². The molecule has 1 aromatic carbocycles. The Kier molecular flexibility index (Phi) is 3.62. The molecule has 2 aromatic rings. The Hall–Kier alpha value is -0.890. The van der Waals surface area contributed by atoms with Crippen LogP contribution in [0.2, 0.25) is 0 Å². The van der Waals surface area contributed by atoms with Crippen molar-refractivity contribution in [2.45, 2.75) is 17.2 Å². The van der Waals surface area contributed by atoms with E-state index in [1.165, 1.54) is 15.6 Å². The summed E-state index contributed by atoms with van der Waals surface area (Å²) in [5.41, 5.74) is 8.69. The van der Waals surface area contributed by atoms with Gasteiger partial charge >= 0.3 is 0 Å². The van der Waals surface area contributed by atoms with Crippen LogP contribution in [0.5, 0.6) is 0 Å². The van der Waals surface area contributed by atoms with Crippen LogP contribution in [-0.4, -0.2) is 19.3 Å². The first-order chi connectivity index (χ1) is 9.50. The van der Waals surface area contributed by atoms with E-state index < -0.39 is 10.0 Å². The minimum atomic E-state index is -3.46. The van der Waals surface area contributed by atoms with Crippen molar-refractivity contribution in [2.75, 3.05) is 12.3 Å². The average molecular weight is 373 g/mol. The van der Waals surface area contributed by atoms with Crippen molar-refractivity contribution in [2.24, 2.45) is 0 Å². The highest BCUT2D eigenvalue weighted by Crippen LogP contribution is 2.33. The predicted molar refractivity (Wildman–Crippen MR) is 84.2 cm³/mol. The highest BCUT2D eigenvalue weighted by molar-refractivity contribution is 9.10. The zero-order valence-corrected chi connectivity index (χ0v) is 13.8. The molecule has 4 nitrogen and oxygen atoms in total. The van der Waals surface area contributed by atoms with Gasteiger partial charge in [0, 0.05) is 23.2 Å². The molecule has 0 bridgehead atoms. The lowest BCUT2D eigenvalue weighted by Crippen LogP contribution is -2.36. The van der Waals surface area contributed by atoms with Crippen LogP contribution in [0.1, 0.15) is 11.1 Å².